The third-order valence-electron chi connectivity index (χ3n) is 5.01. The van der Waals surface area contributed by atoms with Crippen molar-refractivity contribution in [2.24, 2.45) is 5.92 Å². The van der Waals surface area contributed by atoms with Crippen LogP contribution in [0.5, 0.6) is 0 Å². The van der Waals surface area contributed by atoms with E-state index in [4.69, 9.17) is 0 Å². The van der Waals surface area contributed by atoms with Gasteiger partial charge in [-0.1, -0.05) is 44.2 Å². The first kappa shape index (κ1) is 19.1. The molecule has 0 saturated carbocycles. The Morgan fingerprint density at radius 1 is 1.19 bits per heavy atom. The van der Waals surface area contributed by atoms with E-state index in [0.717, 1.165) is 16.8 Å². The second kappa shape index (κ2) is 8.33. The molecule has 1 aliphatic heterocycles. The first-order chi connectivity index (χ1) is 12.9. The van der Waals surface area contributed by atoms with Crippen molar-refractivity contribution >= 4 is 17.5 Å². The Bertz CT molecular complexity index is 817. The Hall–Kier alpha value is -2.69. The Morgan fingerprint density at radius 3 is 2.59 bits per heavy atom. The van der Waals surface area contributed by atoms with Gasteiger partial charge in [-0.3, -0.25) is 9.59 Å². The number of hydrogen-bond acceptors (Lipinski definition) is 2. The van der Waals surface area contributed by atoms with E-state index < -0.39 is 0 Å². The molecule has 4 nitrogen and oxygen atoms in total. The van der Waals surface area contributed by atoms with Crippen molar-refractivity contribution < 1.29 is 14.0 Å². The first-order valence-electron chi connectivity index (χ1n) is 9.36. The van der Waals surface area contributed by atoms with Crippen LogP contribution in [-0.4, -0.2) is 29.8 Å². The molecule has 5 heteroatoms. The molecule has 1 aliphatic rings. The van der Waals surface area contributed by atoms with Crippen molar-refractivity contribution in [3.05, 3.63) is 65.5 Å². The van der Waals surface area contributed by atoms with Gasteiger partial charge >= 0.3 is 0 Å². The highest BCUT2D eigenvalue weighted by Gasteiger charge is 2.34. The lowest BCUT2D eigenvalue weighted by atomic mass is 10.0. The average molecular weight is 368 g/mol. The molecule has 1 atom stereocenters. The molecular formula is C22H25FN2O2. The summed E-state index contributed by atoms with van der Waals surface area (Å²) >= 11 is 0. The number of hydrogen-bond donors (Lipinski definition) is 1. The van der Waals surface area contributed by atoms with Gasteiger partial charge in [-0.05, 0) is 41.7 Å². The van der Waals surface area contributed by atoms with Gasteiger partial charge in [-0.25, -0.2) is 4.39 Å². The molecule has 3 rings (SSSR count). The number of amides is 2. The third kappa shape index (κ3) is 4.73. The van der Waals surface area contributed by atoms with Crippen LogP contribution < -0.4 is 5.32 Å². The molecule has 142 valence electrons. The number of likely N-dealkylation sites (tertiary alicyclic amines) is 1. The number of nitrogens with one attached hydrogen (secondary N) is 1. The Morgan fingerprint density at radius 2 is 1.89 bits per heavy atom. The van der Waals surface area contributed by atoms with E-state index in [0.29, 0.717) is 25.4 Å². The van der Waals surface area contributed by atoms with Crippen molar-refractivity contribution in [1.29, 1.82) is 0 Å². The van der Waals surface area contributed by atoms with Crippen LogP contribution in [0.1, 0.15) is 37.3 Å². The van der Waals surface area contributed by atoms with Gasteiger partial charge in [0.1, 0.15) is 5.82 Å². The maximum atomic E-state index is 13.0. The predicted molar refractivity (Wildman–Crippen MR) is 104 cm³/mol. The highest BCUT2D eigenvalue weighted by molar-refractivity contribution is 5.97. The number of halogens is 1. The van der Waals surface area contributed by atoms with Gasteiger partial charge in [-0.15, -0.1) is 0 Å². The standard InChI is InChI=1S/C22H25FN2O2/c1-15(2)19-5-3-4-6-20(19)24-22(27)17-13-21(26)25(14-17)12-11-16-7-9-18(23)10-8-16/h3-10,15,17H,11-14H2,1-2H3,(H,24,27)/t17-/m0/s1. The molecule has 0 radical (unpaired) electrons. The summed E-state index contributed by atoms with van der Waals surface area (Å²) < 4.78 is 13.0. The van der Waals surface area contributed by atoms with Crippen LogP contribution in [0.2, 0.25) is 0 Å². The van der Waals surface area contributed by atoms with E-state index in [-0.39, 0.29) is 30.0 Å². The Kier molecular flexibility index (Phi) is 5.89. The van der Waals surface area contributed by atoms with Gasteiger partial charge in [0.2, 0.25) is 11.8 Å². The number of para-hydroxylation sites is 1. The van der Waals surface area contributed by atoms with Crippen molar-refractivity contribution in [3.63, 3.8) is 0 Å². The third-order valence-corrected chi connectivity index (χ3v) is 5.01. The molecule has 0 spiro atoms. The molecule has 0 aromatic heterocycles. The largest absolute Gasteiger partial charge is 0.342 e. The number of rotatable bonds is 6. The van der Waals surface area contributed by atoms with Gasteiger partial charge in [0.25, 0.3) is 0 Å². The molecule has 0 bridgehead atoms. The minimum absolute atomic E-state index is 0.00518. The highest BCUT2D eigenvalue weighted by Crippen LogP contribution is 2.26. The van der Waals surface area contributed by atoms with Crippen molar-refractivity contribution in [2.75, 3.05) is 18.4 Å². The van der Waals surface area contributed by atoms with E-state index in [1.165, 1.54) is 12.1 Å². The summed E-state index contributed by atoms with van der Waals surface area (Å²) in [5.74, 6) is -0.422. The van der Waals surface area contributed by atoms with Crippen LogP contribution in [0.25, 0.3) is 0 Å². The molecule has 2 aromatic carbocycles. The molecule has 1 saturated heterocycles. The van der Waals surface area contributed by atoms with Crippen molar-refractivity contribution in [2.45, 2.75) is 32.6 Å². The SMILES string of the molecule is CC(C)c1ccccc1NC(=O)[C@H]1CC(=O)N(CCc2ccc(F)cc2)C1. The van der Waals surface area contributed by atoms with Gasteiger partial charge < -0.3 is 10.2 Å². The van der Waals surface area contributed by atoms with Gasteiger partial charge in [0, 0.05) is 25.2 Å². The number of benzene rings is 2. The minimum Gasteiger partial charge on any atom is -0.342 e. The van der Waals surface area contributed by atoms with Crippen LogP contribution in [0.3, 0.4) is 0 Å². The summed E-state index contributed by atoms with van der Waals surface area (Å²) in [6.45, 7) is 5.13. The minimum atomic E-state index is -0.342. The fourth-order valence-electron chi connectivity index (χ4n) is 3.43. The molecule has 27 heavy (non-hydrogen) atoms. The number of anilines is 1. The van der Waals surface area contributed by atoms with E-state index in [2.05, 4.69) is 19.2 Å². The van der Waals surface area contributed by atoms with Crippen LogP contribution in [0.4, 0.5) is 10.1 Å². The van der Waals surface area contributed by atoms with E-state index >= 15 is 0 Å². The first-order valence-corrected chi connectivity index (χ1v) is 9.36. The van der Waals surface area contributed by atoms with Gasteiger partial charge in [0.15, 0.2) is 0 Å². The summed E-state index contributed by atoms with van der Waals surface area (Å²) in [5.41, 5.74) is 2.88. The maximum Gasteiger partial charge on any atom is 0.229 e. The van der Waals surface area contributed by atoms with E-state index in [1.54, 1.807) is 17.0 Å². The zero-order valence-corrected chi connectivity index (χ0v) is 15.7. The maximum absolute atomic E-state index is 13.0. The second-order valence-corrected chi connectivity index (χ2v) is 7.35. The van der Waals surface area contributed by atoms with Crippen molar-refractivity contribution in [3.8, 4) is 0 Å². The molecule has 2 aromatic rings. The van der Waals surface area contributed by atoms with E-state index in [9.17, 15) is 14.0 Å². The zero-order valence-electron chi connectivity index (χ0n) is 15.7. The second-order valence-electron chi connectivity index (χ2n) is 7.35. The molecule has 1 fully saturated rings. The van der Waals surface area contributed by atoms with Crippen LogP contribution in [0, 0.1) is 11.7 Å². The Balaban J connectivity index is 1.58. The van der Waals surface area contributed by atoms with Crippen LogP contribution in [-0.2, 0) is 16.0 Å². The fourth-order valence-corrected chi connectivity index (χ4v) is 3.43. The lowest BCUT2D eigenvalue weighted by molar-refractivity contribution is -0.128. The summed E-state index contributed by atoms with van der Waals surface area (Å²) in [6, 6.07) is 14.1. The quantitative estimate of drug-likeness (QED) is 0.838. The van der Waals surface area contributed by atoms with Crippen molar-refractivity contribution in [1.82, 2.24) is 4.90 Å². The topological polar surface area (TPSA) is 49.4 Å². The lowest BCUT2D eigenvalue weighted by Crippen LogP contribution is -2.30. The average Bonchev–Trinajstić information content (AvgIpc) is 3.02. The molecular weight excluding hydrogens is 343 g/mol. The van der Waals surface area contributed by atoms with Crippen LogP contribution in [0.15, 0.2) is 48.5 Å². The zero-order chi connectivity index (χ0) is 19.4. The van der Waals surface area contributed by atoms with Crippen LogP contribution >= 0.6 is 0 Å². The molecule has 0 aliphatic carbocycles. The molecule has 0 unspecified atom stereocenters. The number of nitrogens with zero attached hydrogens (tertiary/aromatic N) is 1. The summed E-state index contributed by atoms with van der Waals surface area (Å²) in [7, 11) is 0. The normalized spacial score (nSPS) is 16.8. The molecule has 2 amide bonds. The van der Waals surface area contributed by atoms with E-state index in [1.807, 2.05) is 24.3 Å². The lowest BCUT2D eigenvalue weighted by Gasteiger charge is -2.18. The molecule has 1 N–H and O–H groups in total. The number of carbonyl (C=O) groups is 2. The summed E-state index contributed by atoms with van der Waals surface area (Å²) in [4.78, 5) is 26.7. The highest BCUT2D eigenvalue weighted by atomic mass is 19.1. The summed E-state index contributed by atoms with van der Waals surface area (Å²) in [5, 5.41) is 3.00. The molecule has 1 heterocycles. The summed E-state index contributed by atoms with van der Waals surface area (Å²) in [6.07, 6.45) is 0.885. The van der Waals surface area contributed by atoms with Gasteiger partial charge in [-0.2, -0.15) is 0 Å². The fraction of sp³-hybridized carbons (Fsp3) is 0.364. The monoisotopic (exact) mass is 368 g/mol. The predicted octanol–water partition coefficient (Wildman–Crippen LogP) is 3.98. The smallest absolute Gasteiger partial charge is 0.229 e. The Labute approximate surface area is 159 Å². The number of carbonyl (C=O) groups excluding carboxylic acids is 2. The van der Waals surface area contributed by atoms with Gasteiger partial charge in [0.05, 0.1) is 5.92 Å².